The smallest absolute Gasteiger partial charge is 0.295 e. The third-order valence-electron chi connectivity index (χ3n) is 8.04. The Bertz CT molecular complexity index is 1790. The number of rotatable bonds is 8. The van der Waals surface area contributed by atoms with Crippen LogP contribution in [0, 0.1) is 5.82 Å². The van der Waals surface area contributed by atoms with Crippen molar-refractivity contribution in [3.8, 4) is 17.1 Å². The van der Waals surface area contributed by atoms with Crippen molar-refractivity contribution in [3.05, 3.63) is 66.4 Å². The van der Waals surface area contributed by atoms with Gasteiger partial charge in [-0.3, -0.25) is 19.2 Å². The Kier molecular flexibility index (Phi) is 7.54. The summed E-state index contributed by atoms with van der Waals surface area (Å²) in [6.45, 7) is 6.16. The van der Waals surface area contributed by atoms with Gasteiger partial charge in [-0.1, -0.05) is 23.3 Å². The van der Waals surface area contributed by atoms with Gasteiger partial charge in [0.2, 0.25) is 5.95 Å². The van der Waals surface area contributed by atoms with Gasteiger partial charge in [-0.05, 0) is 28.6 Å². The highest BCUT2D eigenvalue weighted by Crippen LogP contribution is 2.30. The van der Waals surface area contributed by atoms with Gasteiger partial charge in [0.1, 0.15) is 11.4 Å². The van der Waals surface area contributed by atoms with Gasteiger partial charge < -0.3 is 19.5 Å². The molecule has 0 unspecified atom stereocenters. The lowest BCUT2D eigenvalue weighted by Crippen LogP contribution is -2.51. The number of hydrogen-bond acceptors (Lipinski definition) is 10. The molecular weight excluding hydrogens is 569 g/mol. The number of carbonyl (C=O) groups is 2. The summed E-state index contributed by atoms with van der Waals surface area (Å²) in [5.41, 5.74) is 2.04. The SMILES string of the molecule is O=C(C(=O)N1CCN(c2nnnn2-c2ccccc2)CC1)c1c[nH]c2c(-c3ccn(CCN4CCOCC4)n3)ncc(F)c12. The molecule has 4 aromatic heterocycles. The summed E-state index contributed by atoms with van der Waals surface area (Å²) in [5.74, 6) is -1.62. The van der Waals surface area contributed by atoms with Gasteiger partial charge >= 0.3 is 0 Å². The predicted molar refractivity (Wildman–Crippen MR) is 157 cm³/mol. The standard InChI is InChI=1S/C29H30FN11O3/c30-22-19-32-25(23-6-7-40(34-23)13-8-37-14-16-44-17-15-37)26-24(22)21(18-31-26)27(42)28(43)38-9-11-39(12-10-38)29-33-35-36-41(29)20-4-2-1-3-5-20/h1-7,18-19,31H,8-17H2. The van der Waals surface area contributed by atoms with Crippen LogP contribution in [0.5, 0.6) is 0 Å². The average Bonchev–Trinajstić information content (AvgIpc) is 3.85. The predicted octanol–water partition coefficient (Wildman–Crippen LogP) is 1.40. The molecule has 0 bridgehead atoms. The molecule has 5 aromatic rings. The minimum atomic E-state index is -0.786. The fourth-order valence-corrected chi connectivity index (χ4v) is 5.65. The molecule has 0 atom stereocenters. The van der Waals surface area contributed by atoms with E-state index in [4.69, 9.17) is 4.74 Å². The van der Waals surface area contributed by atoms with Crippen LogP contribution < -0.4 is 4.90 Å². The van der Waals surface area contributed by atoms with Crippen LogP contribution in [0.25, 0.3) is 28.0 Å². The van der Waals surface area contributed by atoms with Crippen LogP contribution in [-0.4, -0.2) is 120 Å². The normalized spacial score (nSPS) is 16.1. The number of carbonyl (C=O) groups excluding carboxylic acids is 2. The summed E-state index contributed by atoms with van der Waals surface area (Å²) in [4.78, 5) is 39.8. The molecule has 0 radical (unpaired) electrons. The number of hydrogen-bond donors (Lipinski definition) is 1. The summed E-state index contributed by atoms with van der Waals surface area (Å²) in [5, 5.41) is 16.7. The van der Waals surface area contributed by atoms with Gasteiger partial charge in [0, 0.05) is 58.2 Å². The minimum absolute atomic E-state index is 0.0249. The zero-order valence-electron chi connectivity index (χ0n) is 23.8. The topological polar surface area (TPSA) is 143 Å². The fourth-order valence-electron chi connectivity index (χ4n) is 5.65. The molecule has 1 N–H and O–H groups in total. The number of tetrazole rings is 1. The quantitative estimate of drug-likeness (QED) is 0.205. The number of aromatic nitrogens is 8. The Morgan fingerprint density at radius 2 is 1.77 bits per heavy atom. The third-order valence-corrected chi connectivity index (χ3v) is 8.04. The van der Waals surface area contributed by atoms with E-state index in [1.54, 1.807) is 10.7 Å². The van der Waals surface area contributed by atoms with Crippen LogP contribution in [-0.2, 0) is 16.1 Å². The number of fused-ring (bicyclic) bond motifs is 1. The van der Waals surface area contributed by atoms with Gasteiger partial charge in [-0.25, -0.2) is 9.37 Å². The fraction of sp³-hybridized carbons (Fsp3) is 0.345. The maximum atomic E-state index is 15.1. The largest absolute Gasteiger partial charge is 0.379 e. The summed E-state index contributed by atoms with van der Waals surface area (Å²) in [6, 6.07) is 11.3. The van der Waals surface area contributed by atoms with Crippen molar-refractivity contribution in [2.24, 2.45) is 0 Å². The monoisotopic (exact) mass is 599 g/mol. The van der Waals surface area contributed by atoms with Crippen molar-refractivity contribution < 1.29 is 18.7 Å². The number of H-pyrrole nitrogens is 1. The number of anilines is 1. The van der Waals surface area contributed by atoms with Crippen LogP contribution >= 0.6 is 0 Å². The number of ether oxygens (including phenoxy) is 1. The number of amides is 1. The second kappa shape index (κ2) is 11.9. The van der Waals surface area contributed by atoms with Crippen molar-refractivity contribution in [1.82, 2.24) is 49.8 Å². The first kappa shape index (κ1) is 27.8. The van der Waals surface area contributed by atoms with Crippen molar-refractivity contribution in [1.29, 1.82) is 0 Å². The summed E-state index contributed by atoms with van der Waals surface area (Å²) in [7, 11) is 0. The number of ketones is 1. The molecular formula is C29H30FN11O3. The van der Waals surface area contributed by atoms with E-state index in [0.717, 1.165) is 44.7 Å². The Labute approximate surface area is 251 Å². The maximum Gasteiger partial charge on any atom is 0.295 e. The molecule has 0 aliphatic carbocycles. The second-order valence-electron chi connectivity index (χ2n) is 10.7. The maximum absolute atomic E-state index is 15.1. The first-order valence-corrected chi connectivity index (χ1v) is 14.5. The van der Waals surface area contributed by atoms with E-state index in [1.807, 2.05) is 46.1 Å². The van der Waals surface area contributed by atoms with Crippen molar-refractivity contribution in [2.75, 3.05) is 63.9 Å². The second-order valence-corrected chi connectivity index (χ2v) is 10.7. The van der Waals surface area contributed by atoms with E-state index in [0.29, 0.717) is 42.5 Å². The number of benzene rings is 1. The molecule has 2 aliphatic heterocycles. The Balaban J connectivity index is 1.05. The summed E-state index contributed by atoms with van der Waals surface area (Å²) < 4.78 is 24.0. The summed E-state index contributed by atoms with van der Waals surface area (Å²) >= 11 is 0. The number of para-hydroxylation sites is 1. The number of aromatic amines is 1. The molecule has 0 saturated carbocycles. The van der Waals surface area contributed by atoms with Crippen LogP contribution in [0.1, 0.15) is 10.4 Å². The van der Waals surface area contributed by atoms with E-state index >= 15 is 4.39 Å². The molecule has 1 aromatic carbocycles. The van der Waals surface area contributed by atoms with E-state index in [2.05, 4.69) is 35.5 Å². The minimum Gasteiger partial charge on any atom is -0.379 e. The number of nitrogens with one attached hydrogen (secondary N) is 1. The van der Waals surface area contributed by atoms with E-state index in [-0.39, 0.29) is 24.0 Å². The zero-order valence-corrected chi connectivity index (χ0v) is 23.8. The van der Waals surface area contributed by atoms with E-state index in [9.17, 15) is 9.59 Å². The highest BCUT2D eigenvalue weighted by Gasteiger charge is 2.31. The van der Waals surface area contributed by atoms with Crippen molar-refractivity contribution in [3.63, 3.8) is 0 Å². The molecule has 1 amide bonds. The molecule has 0 spiro atoms. The lowest BCUT2D eigenvalue weighted by atomic mass is 10.1. The molecule has 15 heteroatoms. The molecule has 2 fully saturated rings. The Hall–Kier alpha value is -5.02. The molecule has 2 saturated heterocycles. The van der Waals surface area contributed by atoms with Gasteiger partial charge in [-0.2, -0.15) is 9.78 Å². The lowest BCUT2D eigenvalue weighted by Gasteiger charge is -2.34. The van der Waals surface area contributed by atoms with Gasteiger partial charge in [-0.15, -0.1) is 0 Å². The average molecular weight is 600 g/mol. The van der Waals surface area contributed by atoms with E-state index < -0.39 is 17.5 Å². The van der Waals surface area contributed by atoms with Gasteiger partial charge in [0.25, 0.3) is 11.7 Å². The molecule has 226 valence electrons. The number of nitrogens with zero attached hydrogens (tertiary/aromatic N) is 10. The Morgan fingerprint density at radius 1 is 0.977 bits per heavy atom. The number of pyridine rings is 1. The Morgan fingerprint density at radius 3 is 2.57 bits per heavy atom. The third kappa shape index (κ3) is 5.31. The molecule has 14 nitrogen and oxygen atoms in total. The van der Waals surface area contributed by atoms with Gasteiger partial charge in [0.15, 0.2) is 5.82 Å². The van der Waals surface area contributed by atoms with E-state index in [1.165, 1.54) is 11.1 Å². The summed E-state index contributed by atoms with van der Waals surface area (Å²) in [6.07, 6.45) is 4.29. The lowest BCUT2D eigenvalue weighted by molar-refractivity contribution is -0.126. The van der Waals surface area contributed by atoms with Crippen molar-refractivity contribution >= 4 is 28.5 Å². The van der Waals surface area contributed by atoms with Crippen molar-refractivity contribution in [2.45, 2.75) is 6.54 Å². The highest BCUT2D eigenvalue weighted by molar-refractivity contribution is 6.45. The van der Waals surface area contributed by atoms with Crippen LogP contribution in [0.3, 0.4) is 0 Å². The number of Topliss-reactive ketones (excluding diaryl/α,β-unsaturated/α-hetero) is 1. The zero-order chi connectivity index (χ0) is 30.0. The number of piperazine rings is 1. The molecule has 6 heterocycles. The number of halogens is 1. The first-order chi connectivity index (χ1) is 21.6. The molecule has 7 rings (SSSR count). The first-order valence-electron chi connectivity index (χ1n) is 14.5. The molecule has 2 aliphatic rings. The van der Waals surface area contributed by atoms with Gasteiger partial charge in [0.05, 0.1) is 48.1 Å². The number of morpholine rings is 1. The highest BCUT2D eigenvalue weighted by atomic mass is 19.1. The van der Waals surface area contributed by atoms with Crippen LogP contribution in [0.15, 0.2) is 55.0 Å². The van der Waals surface area contributed by atoms with Crippen LogP contribution in [0.4, 0.5) is 10.3 Å². The molecule has 44 heavy (non-hydrogen) atoms. The van der Waals surface area contributed by atoms with Crippen LogP contribution in [0.2, 0.25) is 0 Å².